The van der Waals surface area contributed by atoms with Crippen molar-refractivity contribution < 1.29 is 4.79 Å². The van der Waals surface area contributed by atoms with Crippen molar-refractivity contribution >= 4 is 50.1 Å². The Bertz CT molecular complexity index is 1280. The number of aromatic nitrogens is 4. The highest BCUT2D eigenvalue weighted by Crippen LogP contribution is 2.29. The Morgan fingerprint density at radius 1 is 1.36 bits per heavy atom. The van der Waals surface area contributed by atoms with Crippen molar-refractivity contribution in [3.63, 3.8) is 0 Å². The maximum Gasteiger partial charge on any atom is 0.259 e. The fourth-order valence-electron chi connectivity index (χ4n) is 3.19. The highest BCUT2D eigenvalue weighted by Gasteiger charge is 2.17. The summed E-state index contributed by atoms with van der Waals surface area (Å²) in [6.45, 7) is 7.78. The molecule has 0 radical (unpaired) electrons. The van der Waals surface area contributed by atoms with Gasteiger partial charge in [0.15, 0.2) is 10.9 Å². The van der Waals surface area contributed by atoms with Crippen molar-refractivity contribution in [2.75, 3.05) is 0 Å². The number of benzene rings is 1. The summed E-state index contributed by atoms with van der Waals surface area (Å²) in [4.78, 5) is 37.6. The molecule has 1 aromatic carbocycles. The number of carbonyl (C=O) groups excluding carboxylic acids is 1. The highest BCUT2D eigenvalue weighted by molar-refractivity contribution is 7.98. The number of fused-ring (bicyclic) bond motifs is 2. The lowest BCUT2D eigenvalue weighted by molar-refractivity contribution is 0.102. The predicted molar refractivity (Wildman–Crippen MR) is 114 cm³/mol. The lowest BCUT2D eigenvalue weighted by Crippen LogP contribution is -2.11. The summed E-state index contributed by atoms with van der Waals surface area (Å²) < 4.78 is 2.09. The second-order valence-corrected chi connectivity index (χ2v) is 8.32. The number of allylic oxidation sites excluding steroid dienone is 1. The third-order valence-corrected chi connectivity index (χ3v) is 6.71. The third-order valence-electron chi connectivity index (χ3n) is 4.44. The summed E-state index contributed by atoms with van der Waals surface area (Å²) in [5, 5.41) is 1.35. The first-order chi connectivity index (χ1) is 13.5. The van der Waals surface area contributed by atoms with E-state index in [1.54, 1.807) is 6.92 Å². The van der Waals surface area contributed by atoms with E-state index >= 15 is 0 Å². The first-order valence-electron chi connectivity index (χ1n) is 8.71. The number of hydrogen-bond acceptors (Lipinski definition) is 6. The van der Waals surface area contributed by atoms with E-state index in [9.17, 15) is 9.59 Å². The molecule has 0 fully saturated rings. The van der Waals surface area contributed by atoms with Crippen LogP contribution in [0.15, 0.2) is 46.9 Å². The average molecular weight is 411 g/mol. The Hall–Kier alpha value is -2.71. The summed E-state index contributed by atoms with van der Waals surface area (Å²) in [5.74, 6) is 0.989. The van der Waals surface area contributed by atoms with E-state index in [2.05, 4.69) is 26.1 Å². The fourth-order valence-corrected chi connectivity index (χ4v) is 5.18. The molecule has 0 aliphatic rings. The van der Waals surface area contributed by atoms with Gasteiger partial charge in [-0.15, -0.1) is 17.9 Å². The minimum absolute atomic E-state index is 0.0473. The van der Waals surface area contributed by atoms with Gasteiger partial charge in [0.05, 0.1) is 27.0 Å². The van der Waals surface area contributed by atoms with Gasteiger partial charge >= 0.3 is 0 Å². The van der Waals surface area contributed by atoms with Crippen LogP contribution in [0.5, 0.6) is 0 Å². The van der Waals surface area contributed by atoms with Crippen molar-refractivity contribution in [2.24, 2.45) is 0 Å². The number of H-pyrrole nitrogens is 1. The van der Waals surface area contributed by atoms with Crippen LogP contribution < -0.4 is 5.56 Å². The van der Waals surface area contributed by atoms with E-state index in [1.807, 2.05) is 30.3 Å². The lowest BCUT2D eigenvalue weighted by atomic mass is 10.2. The van der Waals surface area contributed by atoms with Gasteiger partial charge in [-0.3, -0.25) is 9.59 Å². The van der Waals surface area contributed by atoms with Gasteiger partial charge in [0.1, 0.15) is 10.7 Å². The Morgan fingerprint density at radius 2 is 2.14 bits per heavy atom. The molecule has 3 aromatic heterocycles. The first-order valence-corrected chi connectivity index (χ1v) is 10.5. The minimum Gasteiger partial charge on any atom is -0.315 e. The molecule has 8 heteroatoms. The summed E-state index contributed by atoms with van der Waals surface area (Å²) in [5.41, 5.74) is 2.46. The van der Waals surface area contributed by atoms with E-state index in [0.717, 1.165) is 16.2 Å². The molecular formula is C20H18N4O2S2. The van der Waals surface area contributed by atoms with Crippen molar-refractivity contribution in [1.82, 2.24) is 19.5 Å². The highest BCUT2D eigenvalue weighted by atomic mass is 32.2. The number of carbonyl (C=O) groups is 1. The predicted octanol–water partition coefficient (Wildman–Crippen LogP) is 4.32. The number of aromatic amines is 1. The van der Waals surface area contributed by atoms with Crippen LogP contribution in [-0.4, -0.2) is 25.3 Å². The Kier molecular flexibility index (Phi) is 4.91. The van der Waals surface area contributed by atoms with Crippen LogP contribution in [0.2, 0.25) is 0 Å². The molecule has 0 amide bonds. The molecule has 0 atom stereocenters. The number of aryl methyl sites for hydroxylation is 1. The molecule has 0 saturated heterocycles. The molecular weight excluding hydrogens is 392 g/mol. The first kappa shape index (κ1) is 18.6. The molecule has 28 heavy (non-hydrogen) atoms. The monoisotopic (exact) mass is 410 g/mol. The molecule has 0 aliphatic carbocycles. The zero-order valence-electron chi connectivity index (χ0n) is 15.5. The van der Waals surface area contributed by atoms with Gasteiger partial charge in [-0.1, -0.05) is 30.0 Å². The zero-order valence-corrected chi connectivity index (χ0v) is 17.1. The number of thioether (sulfide) groups is 1. The second-order valence-electron chi connectivity index (χ2n) is 6.38. The number of nitrogens with one attached hydrogen (secondary N) is 1. The second kappa shape index (κ2) is 7.37. The maximum absolute atomic E-state index is 12.5. The number of rotatable bonds is 6. The van der Waals surface area contributed by atoms with E-state index in [0.29, 0.717) is 38.8 Å². The van der Waals surface area contributed by atoms with Gasteiger partial charge in [0.25, 0.3) is 5.56 Å². The SMILES string of the molecule is C=CCn1c(SCc2nc3sc(C(C)=O)c(C)c3c(=O)[nH]2)nc2ccccc21. The molecule has 1 N–H and O–H groups in total. The zero-order chi connectivity index (χ0) is 19.8. The van der Waals surface area contributed by atoms with Crippen molar-refractivity contribution in [1.29, 1.82) is 0 Å². The minimum atomic E-state index is -0.207. The summed E-state index contributed by atoms with van der Waals surface area (Å²) in [6, 6.07) is 7.94. The Labute approximate surface area is 169 Å². The van der Waals surface area contributed by atoms with Gasteiger partial charge in [0.2, 0.25) is 0 Å². The normalized spacial score (nSPS) is 11.4. The van der Waals surface area contributed by atoms with E-state index in [-0.39, 0.29) is 11.3 Å². The number of Topliss-reactive ketones (excluding diaryl/α,β-unsaturated/α-hetero) is 1. The summed E-state index contributed by atoms with van der Waals surface area (Å²) >= 11 is 2.78. The van der Waals surface area contributed by atoms with Crippen LogP contribution in [0.25, 0.3) is 21.3 Å². The molecule has 3 heterocycles. The number of hydrogen-bond donors (Lipinski definition) is 1. The van der Waals surface area contributed by atoms with Crippen LogP contribution in [0.3, 0.4) is 0 Å². The largest absolute Gasteiger partial charge is 0.315 e. The average Bonchev–Trinajstić information content (AvgIpc) is 3.19. The van der Waals surface area contributed by atoms with Crippen molar-refractivity contribution in [3.8, 4) is 0 Å². The number of thiophene rings is 1. The molecule has 4 aromatic rings. The molecule has 142 valence electrons. The van der Waals surface area contributed by atoms with Crippen LogP contribution in [0.1, 0.15) is 28.0 Å². The lowest BCUT2D eigenvalue weighted by Gasteiger charge is -2.06. The van der Waals surface area contributed by atoms with Crippen LogP contribution >= 0.6 is 23.1 Å². The maximum atomic E-state index is 12.5. The van der Waals surface area contributed by atoms with Crippen LogP contribution in [0.4, 0.5) is 0 Å². The smallest absolute Gasteiger partial charge is 0.259 e. The van der Waals surface area contributed by atoms with Gasteiger partial charge < -0.3 is 9.55 Å². The molecule has 0 bridgehead atoms. The van der Waals surface area contributed by atoms with Gasteiger partial charge in [-0.2, -0.15) is 0 Å². The van der Waals surface area contributed by atoms with Gasteiger partial charge in [-0.05, 0) is 31.5 Å². The molecule has 0 aliphatic heterocycles. The number of imidazole rings is 1. The number of nitrogens with zero attached hydrogens (tertiary/aromatic N) is 3. The van der Waals surface area contributed by atoms with E-state index in [4.69, 9.17) is 0 Å². The van der Waals surface area contributed by atoms with Crippen LogP contribution in [0, 0.1) is 6.92 Å². The topological polar surface area (TPSA) is 80.6 Å². The van der Waals surface area contributed by atoms with Crippen LogP contribution in [-0.2, 0) is 12.3 Å². The molecule has 0 unspecified atom stereocenters. The van der Waals surface area contributed by atoms with E-state index < -0.39 is 0 Å². The summed E-state index contributed by atoms with van der Waals surface area (Å²) in [6.07, 6.45) is 1.84. The Balaban J connectivity index is 1.69. The van der Waals surface area contributed by atoms with Crippen molar-refractivity contribution in [3.05, 3.63) is 63.5 Å². The quantitative estimate of drug-likeness (QED) is 0.291. The van der Waals surface area contributed by atoms with Gasteiger partial charge in [-0.25, -0.2) is 9.97 Å². The number of ketones is 1. The molecule has 6 nitrogen and oxygen atoms in total. The van der Waals surface area contributed by atoms with Gasteiger partial charge in [0, 0.05) is 6.54 Å². The summed E-state index contributed by atoms with van der Waals surface area (Å²) in [7, 11) is 0. The van der Waals surface area contributed by atoms with Crippen molar-refractivity contribution in [2.45, 2.75) is 31.3 Å². The molecule has 0 spiro atoms. The Morgan fingerprint density at radius 3 is 2.89 bits per heavy atom. The third kappa shape index (κ3) is 3.18. The fraction of sp³-hybridized carbons (Fsp3) is 0.200. The van der Waals surface area contributed by atoms with E-state index in [1.165, 1.54) is 30.0 Å². The molecule has 0 saturated carbocycles. The number of para-hydroxylation sites is 2. The standard InChI is InChI=1S/C20H18N4O2S2/c1-4-9-24-14-8-6-5-7-13(14)21-20(24)27-10-15-22-18(26)16-11(2)17(12(3)25)28-19(16)23-15/h4-8H,1,9-10H2,2-3H3,(H,22,23,26). The molecule has 4 rings (SSSR count).